The zero-order chi connectivity index (χ0) is 17.2. The lowest BCUT2D eigenvalue weighted by atomic mass is 10.1. The van der Waals surface area contributed by atoms with Gasteiger partial charge in [-0.3, -0.25) is 9.78 Å². The fourth-order valence-electron chi connectivity index (χ4n) is 2.94. The summed E-state index contributed by atoms with van der Waals surface area (Å²) in [6.45, 7) is 0.675. The predicted molar refractivity (Wildman–Crippen MR) is 100 cm³/mol. The maximum Gasteiger partial charge on any atom is 0.253 e. The first-order valence-corrected chi connectivity index (χ1v) is 8.47. The second-order valence-corrected chi connectivity index (χ2v) is 6.31. The van der Waals surface area contributed by atoms with Gasteiger partial charge >= 0.3 is 0 Å². The zero-order valence-corrected chi connectivity index (χ0v) is 14.2. The first-order chi connectivity index (χ1) is 12.2. The van der Waals surface area contributed by atoms with Gasteiger partial charge in [-0.25, -0.2) is 0 Å². The topological polar surface area (TPSA) is 57.8 Å². The molecule has 0 spiro atoms. The third-order valence-corrected chi connectivity index (χ3v) is 4.58. The van der Waals surface area contributed by atoms with Crippen molar-refractivity contribution < 1.29 is 4.79 Å². The van der Waals surface area contributed by atoms with E-state index in [2.05, 4.69) is 15.3 Å². The van der Waals surface area contributed by atoms with Crippen LogP contribution in [-0.4, -0.2) is 22.4 Å². The van der Waals surface area contributed by atoms with E-state index in [0.717, 1.165) is 40.2 Å². The number of hydrogen-bond acceptors (Lipinski definition) is 2. The Balaban J connectivity index is 1.64. The van der Waals surface area contributed by atoms with Crippen LogP contribution in [0.4, 0.5) is 0 Å². The molecule has 0 atom stereocenters. The highest BCUT2D eigenvalue weighted by atomic mass is 35.5. The number of carbonyl (C=O) groups is 1. The molecular weight excluding hydrogens is 334 g/mol. The predicted octanol–water partition coefficient (Wildman–Crippen LogP) is 4.19. The number of halogens is 1. The molecule has 0 fully saturated rings. The van der Waals surface area contributed by atoms with Crippen LogP contribution >= 0.6 is 11.6 Å². The largest absolute Gasteiger partial charge is 0.358 e. The number of aromatic amines is 1. The molecule has 124 valence electrons. The average Bonchev–Trinajstić information content (AvgIpc) is 3.07. The minimum atomic E-state index is -0.0170. The summed E-state index contributed by atoms with van der Waals surface area (Å²) in [5.74, 6) is -0.0170. The standard InChI is InChI=1S/C20H16ClN3O/c21-17-4-2-1-3-13(17)5-6-15-11-14(7-9-22-15)19-12-16-18(24-19)8-10-23-20(16)25/h1-7,9,11-12,24H,8,10H2,(H,23,25)/b6-5-. The van der Waals surface area contributed by atoms with Gasteiger partial charge in [-0.05, 0) is 35.9 Å². The van der Waals surface area contributed by atoms with Crippen molar-refractivity contribution in [1.29, 1.82) is 0 Å². The van der Waals surface area contributed by atoms with Gasteiger partial charge in [-0.1, -0.05) is 35.9 Å². The van der Waals surface area contributed by atoms with E-state index in [4.69, 9.17) is 11.6 Å². The van der Waals surface area contributed by atoms with Crippen molar-refractivity contribution in [3.8, 4) is 11.3 Å². The van der Waals surface area contributed by atoms with Gasteiger partial charge in [-0.2, -0.15) is 0 Å². The summed E-state index contributed by atoms with van der Waals surface area (Å²) in [5, 5.41) is 3.57. The third-order valence-electron chi connectivity index (χ3n) is 4.24. The highest BCUT2D eigenvalue weighted by Crippen LogP contribution is 2.25. The number of amides is 1. The monoisotopic (exact) mass is 349 g/mol. The number of pyridine rings is 1. The number of nitrogens with one attached hydrogen (secondary N) is 2. The van der Waals surface area contributed by atoms with Gasteiger partial charge in [0.15, 0.2) is 0 Å². The number of rotatable bonds is 3. The number of carbonyl (C=O) groups excluding carboxylic acids is 1. The molecule has 0 unspecified atom stereocenters. The van der Waals surface area contributed by atoms with Crippen LogP contribution in [0.2, 0.25) is 5.02 Å². The Kier molecular flexibility index (Phi) is 4.12. The highest BCUT2D eigenvalue weighted by Gasteiger charge is 2.19. The summed E-state index contributed by atoms with van der Waals surface area (Å²) in [5.41, 5.74) is 5.42. The summed E-state index contributed by atoms with van der Waals surface area (Å²) in [4.78, 5) is 19.7. The molecule has 1 aliphatic rings. The van der Waals surface area contributed by atoms with E-state index in [-0.39, 0.29) is 5.91 Å². The smallest absolute Gasteiger partial charge is 0.253 e. The molecule has 0 aliphatic carbocycles. The summed E-state index contributed by atoms with van der Waals surface area (Å²) in [6, 6.07) is 13.5. The molecule has 1 aromatic carbocycles. The number of benzene rings is 1. The fraction of sp³-hybridized carbons (Fsp3) is 0.100. The van der Waals surface area contributed by atoms with Gasteiger partial charge in [0, 0.05) is 41.1 Å². The molecule has 0 saturated carbocycles. The Morgan fingerprint density at radius 2 is 2.00 bits per heavy atom. The van der Waals surface area contributed by atoms with E-state index >= 15 is 0 Å². The first-order valence-electron chi connectivity index (χ1n) is 8.10. The molecule has 1 amide bonds. The maximum absolute atomic E-state index is 11.9. The Hall–Kier alpha value is -2.85. The van der Waals surface area contributed by atoms with E-state index in [1.807, 2.05) is 54.6 Å². The second-order valence-electron chi connectivity index (χ2n) is 5.91. The Labute approximate surface area is 150 Å². The third kappa shape index (κ3) is 3.21. The lowest BCUT2D eigenvalue weighted by Crippen LogP contribution is -2.31. The van der Waals surface area contributed by atoms with Gasteiger partial charge in [0.1, 0.15) is 0 Å². The van der Waals surface area contributed by atoms with E-state index in [1.165, 1.54) is 0 Å². The van der Waals surface area contributed by atoms with Crippen LogP contribution in [0, 0.1) is 0 Å². The number of hydrogen-bond donors (Lipinski definition) is 2. The fourth-order valence-corrected chi connectivity index (χ4v) is 3.14. The normalized spacial score (nSPS) is 13.7. The molecule has 5 heteroatoms. The summed E-state index contributed by atoms with van der Waals surface area (Å²) < 4.78 is 0. The van der Waals surface area contributed by atoms with Crippen LogP contribution in [0.15, 0.2) is 48.7 Å². The molecule has 4 nitrogen and oxygen atoms in total. The van der Waals surface area contributed by atoms with Crippen molar-refractivity contribution in [2.75, 3.05) is 6.54 Å². The molecule has 3 heterocycles. The number of aromatic nitrogens is 2. The molecular formula is C20H16ClN3O. The van der Waals surface area contributed by atoms with Crippen molar-refractivity contribution in [3.05, 3.63) is 76.2 Å². The minimum Gasteiger partial charge on any atom is -0.358 e. The van der Waals surface area contributed by atoms with E-state index in [0.29, 0.717) is 11.6 Å². The van der Waals surface area contributed by atoms with Gasteiger partial charge in [0.05, 0.1) is 11.3 Å². The summed E-state index contributed by atoms with van der Waals surface area (Å²) in [6.07, 6.45) is 6.47. The maximum atomic E-state index is 11.9. The van der Waals surface area contributed by atoms with Crippen molar-refractivity contribution in [2.45, 2.75) is 6.42 Å². The average molecular weight is 350 g/mol. The van der Waals surface area contributed by atoms with Crippen LogP contribution in [0.5, 0.6) is 0 Å². The molecule has 1 aliphatic heterocycles. The van der Waals surface area contributed by atoms with E-state index < -0.39 is 0 Å². The molecule has 0 saturated heterocycles. The van der Waals surface area contributed by atoms with Gasteiger partial charge in [0.25, 0.3) is 5.91 Å². The van der Waals surface area contributed by atoms with Gasteiger partial charge in [0.2, 0.25) is 0 Å². The van der Waals surface area contributed by atoms with Gasteiger partial charge in [-0.15, -0.1) is 0 Å². The number of H-pyrrole nitrogens is 1. The Bertz CT molecular complexity index is 975. The Morgan fingerprint density at radius 1 is 1.12 bits per heavy atom. The molecule has 25 heavy (non-hydrogen) atoms. The quantitative estimate of drug-likeness (QED) is 0.745. The number of nitrogens with zero attached hydrogens (tertiary/aromatic N) is 1. The molecule has 0 bridgehead atoms. The highest BCUT2D eigenvalue weighted by molar-refractivity contribution is 6.32. The summed E-state index contributed by atoms with van der Waals surface area (Å²) >= 11 is 6.17. The molecule has 2 aromatic heterocycles. The molecule has 4 rings (SSSR count). The van der Waals surface area contributed by atoms with E-state index in [9.17, 15) is 4.79 Å². The lowest BCUT2D eigenvalue weighted by Gasteiger charge is -2.10. The van der Waals surface area contributed by atoms with Crippen LogP contribution in [0.25, 0.3) is 23.4 Å². The van der Waals surface area contributed by atoms with Crippen molar-refractivity contribution in [1.82, 2.24) is 15.3 Å². The summed E-state index contributed by atoms with van der Waals surface area (Å²) in [7, 11) is 0. The molecule has 0 radical (unpaired) electrons. The van der Waals surface area contributed by atoms with Crippen LogP contribution in [0.1, 0.15) is 27.3 Å². The van der Waals surface area contributed by atoms with Gasteiger partial charge < -0.3 is 10.3 Å². The SMILES string of the molecule is O=C1NCCc2[nH]c(-c3ccnc(/C=C\c4ccccc4Cl)c3)cc21. The zero-order valence-electron chi connectivity index (χ0n) is 13.4. The van der Waals surface area contributed by atoms with Crippen LogP contribution in [0.3, 0.4) is 0 Å². The van der Waals surface area contributed by atoms with Crippen LogP contribution in [-0.2, 0) is 6.42 Å². The van der Waals surface area contributed by atoms with Crippen LogP contribution < -0.4 is 5.32 Å². The Morgan fingerprint density at radius 3 is 2.84 bits per heavy atom. The van der Waals surface area contributed by atoms with Crippen molar-refractivity contribution in [2.24, 2.45) is 0 Å². The van der Waals surface area contributed by atoms with Crippen molar-refractivity contribution in [3.63, 3.8) is 0 Å². The second kappa shape index (κ2) is 6.57. The van der Waals surface area contributed by atoms with E-state index in [1.54, 1.807) is 6.20 Å². The minimum absolute atomic E-state index is 0.0170. The lowest BCUT2D eigenvalue weighted by molar-refractivity contribution is 0.0946. The number of fused-ring (bicyclic) bond motifs is 1. The van der Waals surface area contributed by atoms with Crippen molar-refractivity contribution >= 4 is 29.7 Å². The molecule has 3 aromatic rings. The molecule has 2 N–H and O–H groups in total. The first kappa shape index (κ1) is 15.7.